The summed E-state index contributed by atoms with van der Waals surface area (Å²) in [6.07, 6.45) is 2.37. The molecule has 1 aliphatic rings. The minimum atomic E-state index is -1.14. The quantitative estimate of drug-likeness (QED) is 0.807. The van der Waals surface area contributed by atoms with Crippen molar-refractivity contribution in [2.24, 2.45) is 0 Å². The van der Waals surface area contributed by atoms with Crippen LogP contribution in [0.15, 0.2) is 28.7 Å². The lowest BCUT2D eigenvalue weighted by molar-refractivity contribution is -0.137. The van der Waals surface area contributed by atoms with E-state index in [2.05, 4.69) is 33.4 Å². The van der Waals surface area contributed by atoms with Gasteiger partial charge in [-0.1, -0.05) is 28.1 Å². The van der Waals surface area contributed by atoms with Gasteiger partial charge in [-0.25, -0.2) is 0 Å². The van der Waals surface area contributed by atoms with Gasteiger partial charge in [0.2, 0.25) is 0 Å². The van der Waals surface area contributed by atoms with Crippen molar-refractivity contribution in [1.82, 2.24) is 5.32 Å². The molecule has 0 aromatic heterocycles. The van der Waals surface area contributed by atoms with Gasteiger partial charge in [-0.15, -0.1) is 0 Å². The van der Waals surface area contributed by atoms with E-state index < -0.39 is 5.60 Å². The molecule has 1 fully saturated rings. The standard InChI is InChI=1S/C14H18BrNO2S/c15-12-5-1-3-11(9-12)4-2-7-16-13(17)14(18)6-8-19-10-14/h1,3,5,9,18H,2,4,6-8,10H2,(H,16,17). The van der Waals surface area contributed by atoms with Crippen molar-refractivity contribution >= 4 is 33.6 Å². The number of thioether (sulfide) groups is 1. The predicted molar refractivity (Wildman–Crippen MR) is 82.4 cm³/mol. The van der Waals surface area contributed by atoms with Crippen molar-refractivity contribution in [2.75, 3.05) is 18.1 Å². The highest BCUT2D eigenvalue weighted by Gasteiger charge is 2.39. The molecule has 1 amide bonds. The second-order valence-corrected chi connectivity index (χ2v) is 6.84. The van der Waals surface area contributed by atoms with E-state index in [9.17, 15) is 9.90 Å². The van der Waals surface area contributed by atoms with Gasteiger partial charge in [0, 0.05) is 16.8 Å². The lowest BCUT2D eigenvalue weighted by atomic mass is 10.0. The van der Waals surface area contributed by atoms with E-state index in [-0.39, 0.29) is 5.91 Å². The number of carbonyl (C=O) groups excluding carboxylic acids is 1. The normalized spacial score (nSPS) is 22.4. The maximum atomic E-state index is 11.9. The highest BCUT2D eigenvalue weighted by molar-refractivity contribution is 9.10. The van der Waals surface area contributed by atoms with Gasteiger partial charge in [0.05, 0.1) is 0 Å². The fourth-order valence-corrected chi connectivity index (χ4v) is 3.77. The first-order valence-electron chi connectivity index (χ1n) is 6.43. The Morgan fingerprint density at radius 2 is 2.37 bits per heavy atom. The van der Waals surface area contributed by atoms with Crippen molar-refractivity contribution in [3.05, 3.63) is 34.3 Å². The van der Waals surface area contributed by atoms with E-state index in [1.165, 1.54) is 5.56 Å². The van der Waals surface area contributed by atoms with Gasteiger partial charge in [-0.2, -0.15) is 11.8 Å². The second-order valence-electron chi connectivity index (χ2n) is 4.82. The number of halogens is 1. The predicted octanol–water partition coefficient (Wildman–Crippen LogP) is 2.37. The number of nitrogens with one attached hydrogen (secondary N) is 1. The van der Waals surface area contributed by atoms with Gasteiger partial charge < -0.3 is 10.4 Å². The third kappa shape index (κ3) is 4.23. The minimum absolute atomic E-state index is 0.216. The largest absolute Gasteiger partial charge is 0.379 e. The average Bonchev–Trinajstić information content (AvgIpc) is 2.83. The van der Waals surface area contributed by atoms with Crippen LogP contribution in [0.5, 0.6) is 0 Å². The van der Waals surface area contributed by atoms with Crippen molar-refractivity contribution in [1.29, 1.82) is 0 Å². The van der Waals surface area contributed by atoms with Crippen LogP contribution in [0.2, 0.25) is 0 Å². The van der Waals surface area contributed by atoms with Crippen LogP contribution in [0, 0.1) is 0 Å². The molecule has 1 atom stereocenters. The number of hydrogen-bond donors (Lipinski definition) is 2. The number of rotatable bonds is 5. The summed E-state index contributed by atoms with van der Waals surface area (Å²) in [5.74, 6) is 1.17. The molecule has 5 heteroatoms. The summed E-state index contributed by atoms with van der Waals surface area (Å²) in [6, 6.07) is 8.17. The van der Waals surface area contributed by atoms with Gasteiger partial charge in [0.25, 0.3) is 5.91 Å². The number of aryl methyl sites for hydroxylation is 1. The van der Waals surface area contributed by atoms with E-state index in [0.717, 1.165) is 23.1 Å². The molecule has 0 spiro atoms. The fourth-order valence-electron chi connectivity index (χ4n) is 2.08. The van der Waals surface area contributed by atoms with Gasteiger partial charge in [-0.3, -0.25) is 4.79 Å². The van der Waals surface area contributed by atoms with E-state index in [4.69, 9.17) is 0 Å². The van der Waals surface area contributed by atoms with Gasteiger partial charge >= 0.3 is 0 Å². The zero-order chi connectivity index (χ0) is 13.7. The monoisotopic (exact) mass is 343 g/mol. The van der Waals surface area contributed by atoms with Crippen LogP contribution in [0.1, 0.15) is 18.4 Å². The van der Waals surface area contributed by atoms with E-state index in [1.54, 1.807) is 11.8 Å². The molecule has 1 unspecified atom stereocenters. The van der Waals surface area contributed by atoms with Crippen LogP contribution in [0.3, 0.4) is 0 Å². The molecule has 0 aliphatic carbocycles. The van der Waals surface area contributed by atoms with Crippen molar-refractivity contribution < 1.29 is 9.90 Å². The summed E-state index contributed by atoms with van der Waals surface area (Å²) in [4.78, 5) is 11.9. The van der Waals surface area contributed by atoms with Crippen molar-refractivity contribution in [3.63, 3.8) is 0 Å². The van der Waals surface area contributed by atoms with Gasteiger partial charge in [-0.05, 0) is 42.7 Å². The highest BCUT2D eigenvalue weighted by atomic mass is 79.9. The Morgan fingerprint density at radius 1 is 1.53 bits per heavy atom. The number of amides is 1. The van der Waals surface area contributed by atoms with E-state index >= 15 is 0 Å². The van der Waals surface area contributed by atoms with Crippen molar-refractivity contribution in [3.8, 4) is 0 Å². The van der Waals surface area contributed by atoms with E-state index in [1.807, 2.05) is 12.1 Å². The van der Waals surface area contributed by atoms with Crippen LogP contribution in [0.4, 0.5) is 0 Å². The summed E-state index contributed by atoms with van der Waals surface area (Å²) < 4.78 is 1.08. The van der Waals surface area contributed by atoms with Crippen LogP contribution >= 0.6 is 27.7 Å². The lowest BCUT2D eigenvalue weighted by Gasteiger charge is -2.20. The smallest absolute Gasteiger partial charge is 0.252 e. The first-order valence-corrected chi connectivity index (χ1v) is 8.38. The van der Waals surface area contributed by atoms with Gasteiger partial charge in [0.1, 0.15) is 0 Å². The van der Waals surface area contributed by atoms with E-state index in [0.29, 0.717) is 18.7 Å². The highest BCUT2D eigenvalue weighted by Crippen LogP contribution is 2.27. The Bertz CT molecular complexity index is 447. The third-order valence-electron chi connectivity index (χ3n) is 3.24. The Kier molecular flexibility index (Phi) is 5.30. The molecule has 2 N–H and O–H groups in total. The zero-order valence-corrected chi connectivity index (χ0v) is 13.1. The molecule has 1 heterocycles. The number of carbonyl (C=O) groups is 1. The summed E-state index contributed by atoms with van der Waals surface area (Å²) in [6.45, 7) is 0.609. The summed E-state index contributed by atoms with van der Waals surface area (Å²) in [7, 11) is 0. The zero-order valence-electron chi connectivity index (χ0n) is 10.7. The first kappa shape index (κ1) is 14.9. The van der Waals surface area contributed by atoms with Crippen molar-refractivity contribution in [2.45, 2.75) is 24.9 Å². The fraction of sp³-hybridized carbons (Fsp3) is 0.500. The summed E-state index contributed by atoms with van der Waals surface area (Å²) in [5.41, 5.74) is 0.110. The summed E-state index contributed by atoms with van der Waals surface area (Å²) >= 11 is 5.07. The molecule has 19 heavy (non-hydrogen) atoms. The Balaban J connectivity index is 1.71. The molecule has 0 radical (unpaired) electrons. The Morgan fingerprint density at radius 3 is 3.05 bits per heavy atom. The van der Waals surface area contributed by atoms with Crippen LogP contribution in [0.25, 0.3) is 0 Å². The molecule has 1 aromatic rings. The topological polar surface area (TPSA) is 49.3 Å². The number of hydrogen-bond acceptors (Lipinski definition) is 3. The Hall–Kier alpha value is -0.520. The maximum absolute atomic E-state index is 11.9. The average molecular weight is 344 g/mol. The molecular formula is C14H18BrNO2S. The molecule has 1 saturated heterocycles. The van der Waals surface area contributed by atoms with Gasteiger partial charge in [0.15, 0.2) is 5.60 Å². The molecule has 0 saturated carbocycles. The second kappa shape index (κ2) is 6.77. The molecule has 1 aliphatic heterocycles. The molecule has 3 nitrogen and oxygen atoms in total. The molecule has 0 bridgehead atoms. The SMILES string of the molecule is O=C(NCCCc1cccc(Br)c1)C1(O)CCSC1. The third-order valence-corrected chi connectivity index (χ3v) is 4.91. The first-order chi connectivity index (χ1) is 9.10. The minimum Gasteiger partial charge on any atom is -0.379 e. The number of benzene rings is 1. The Labute approximate surface area is 126 Å². The molecule has 104 valence electrons. The summed E-state index contributed by atoms with van der Waals surface area (Å²) in [5, 5.41) is 12.9. The number of aliphatic hydroxyl groups is 1. The van der Waals surface area contributed by atoms with Crippen LogP contribution in [-0.4, -0.2) is 34.7 Å². The van der Waals surface area contributed by atoms with Crippen LogP contribution in [-0.2, 0) is 11.2 Å². The lowest BCUT2D eigenvalue weighted by Crippen LogP contribution is -2.47. The molecule has 2 rings (SSSR count). The maximum Gasteiger partial charge on any atom is 0.252 e. The molecule has 1 aromatic carbocycles. The molecular weight excluding hydrogens is 326 g/mol. The van der Waals surface area contributed by atoms with Crippen LogP contribution < -0.4 is 5.32 Å².